The van der Waals surface area contributed by atoms with Crippen molar-refractivity contribution in [2.75, 3.05) is 12.8 Å². The fourth-order valence-corrected chi connectivity index (χ4v) is 4.79. The molecule has 1 heterocycles. The molecule has 3 rings (SSSR count). The number of halogens is 1. The number of aromatic amines is 1. The Morgan fingerprint density at radius 1 is 1.37 bits per heavy atom. The van der Waals surface area contributed by atoms with Crippen LogP contribution in [0.3, 0.4) is 0 Å². The van der Waals surface area contributed by atoms with Gasteiger partial charge in [0.25, 0.3) is 0 Å². The van der Waals surface area contributed by atoms with Crippen LogP contribution in [0.4, 0.5) is 0 Å². The maximum Gasteiger partial charge on any atom is 0.208 e. The largest absolute Gasteiger partial charge is 0.342 e. The highest BCUT2D eigenvalue weighted by molar-refractivity contribution is 7.88. The lowest BCUT2D eigenvalue weighted by Gasteiger charge is -2.37. The highest BCUT2D eigenvalue weighted by atomic mass is 35.5. The number of imidazole rings is 1. The van der Waals surface area contributed by atoms with Gasteiger partial charge in [0, 0.05) is 18.0 Å². The van der Waals surface area contributed by atoms with E-state index >= 15 is 0 Å². The summed E-state index contributed by atoms with van der Waals surface area (Å²) < 4.78 is 25.7. The number of benzene rings is 1. The van der Waals surface area contributed by atoms with E-state index in [-0.39, 0.29) is 5.92 Å². The highest BCUT2D eigenvalue weighted by Crippen LogP contribution is 2.38. The first-order valence-electron chi connectivity index (χ1n) is 9.39. The predicted molar refractivity (Wildman–Crippen MR) is 111 cm³/mol. The average molecular weight is 410 g/mol. The molecule has 0 radical (unpaired) electrons. The molecule has 0 spiro atoms. The maximum atomic E-state index is 11.5. The summed E-state index contributed by atoms with van der Waals surface area (Å²) in [6.07, 6.45) is 5.36. The fourth-order valence-electron chi connectivity index (χ4n) is 4.12. The standard InChI is InChI=1S/C20H28ClN3O2S/c1-12(2)17-8-14(13(3)7-15(17)11-22-27(4,25)26)9-20-23-18-6-5-16(21)10-19(18)24-20/h5-7,10,12,14-15,17,22H,8-9,11H2,1-4H3,(H,23,24). The van der Waals surface area contributed by atoms with Crippen LogP contribution in [-0.4, -0.2) is 31.2 Å². The van der Waals surface area contributed by atoms with E-state index in [1.165, 1.54) is 11.8 Å². The summed E-state index contributed by atoms with van der Waals surface area (Å²) in [5, 5.41) is 0.701. The number of aromatic nitrogens is 2. The number of rotatable bonds is 6. The molecule has 27 heavy (non-hydrogen) atoms. The van der Waals surface area contributed by atoms with Crippen molar-refractivity contribution in [2.24, 2.45) is 23.7 Å². The second kappa shape index (κ2) is 7.94. The summed E-state index contributed by atoms with van der Waals surface area (Å²) in [6.45, 7) is 7.04. The third-order valence-corrected chi connectivity index (χ3v) is 6.52. The molecule has 1 aliphatic rings. The number of hydrogen-bond donors (Lipinski definition) is 2. The second-order valence-electron chi connectivity index (χ2n) is 8.08. The Balaban J connectivity index is 1.79. The van der Waals surface area contributed by atoms with Gasteiger partial charge in [-0.25, -0.2) is 18.1 Å². The molecular weight excluding hydrogens is 382 g/mol. The Bertz CT molecular complexity index is 949. The van der Waals surface area contributed by atoms with Gasteiger partial charge in [-0.2, -0.15) is 0 Å². The Kier molecular flexibility index (Phi) is 5.99. The van der Waals surface area contributed by atoms with Crippen LogP contribution in [0.25, 0.3) is 11.0 Å². The summed E-state index contributed by atoms with van der Waals surface area (Å²) in [4.78, 5) is 8.10. The molecule has 148 valence electrons. The SMILES string of the molecule is CC1=CC(CNS(C)(=O)=O)C(C(C)C)CC1Cc1nc2ccc(Cl)cc2[nH]1. The lowest BCUT2D eigenvalue weighted by atomic mass is 9.70. The van der Waals surface area contributed by atoms with Crippen molar-refractivity contribution in [3.63, 3.8) is 0 Å². The molecule has 3 atom stereocenters. The maximum absolute atomic E-state index is 11.5. The molecule has 3 unspecified atom stereocenters. The Morgan fingerprint density at radius 2 is 2.11 bits per heavy atom. The zero-order chi connectivity index (χ0) is 19.8. The van der Waals surface area contributed by atoms with Gasteiger partial charge in [0.1, 0.15) is 5.82 Å². The van der Waals surface area contributed by atoms with Crippen molar-refractivity contribution in [2.45, 2.75) is 33.6 Å². The van der Waals surface area contributed by atoms with Crippen molar-refractivity contribution in [3.05, 3.63) is 40.7 Å². The van der Waals surface area contributed by atoms with Gasteiger partial charge in [-0.05, 0) is 55.2 Å². The van der Waals surface area contributed by atoms with E-state index in [4.69, 9.17) is 16.6 Å². The number of allylic oxidation sites excluding steroid dienone is 1. The molecule has 5 nitrogen and oxygen atoms in total. The minimum absolute atomic E-state index is 0.227. The third kappa shape index (κ3) is 5.12. The van der Waals surface area contributed by atoms with Crippen molar-refractivity contribution in [3.8, 4) is 0 Å². The fraction of sp³-hybridized carbons (Fsp3) is 0.550. The Hall–Kier alpha value is -1.37. The second-order valence-corrected chi connectivity index (χ2v) is 10.4. The molecule has 0 saturated heterocycles. The van der Waals surface area contributed by atoms with E-state index in [0.29, 0.717) is 29.3 Å². The number of hydrogen-bond acceptors (Lipinski definition) is 3. The molecule has 2 N–H and O–H groups in total. The molecule has 1 aliphatic carbocycles. The quantitative estimate of drug-likeness (QED) is 0.703. The number of sulfonamides is 1. The molecule has 0 amide bonds. The van der Waals surface area contributed by atoms with Gasteiger partial charge in [-0.1, -0.05) is 37.1 Å². The Labute approximate surface area is 166 Å². The third-order valence-electron chi connectivity index (χ3n) is 5.60. The van der Waals surface area contributed by atoms with Crippen LogP contribution >= 0.6 is 11.6 Å². The Morgan fingerprint density at radius 3 is 2.78 bits per heavy atom. The predicted octanol–water partition coefficient (Wildman–Crippen LogP) is 4.16. The lowest BCUT2D eigenvalue weighted by molar-refractivity contribution is 0.227. The number of fused-ring (bicyclic) bond motifs is 1. The first-order valence-corrected chi connectivity index (χ1v) is 11.7. The zero-order valence-electron chi connectivity index (χ0n) is 16.3. The molecule has 7 heteroatoms. The average Bonchev–Trinajstić information content (AvgIpc) is 2.95. The van der Waals surface area contributed by atoms with Crippen LogP contribution in [0.5, 0.6) is 0 Å². The molecule has 2 aromatic rings. The van der Waals surface area contributed by atoms with Gasteiger partial charge in [-0.3, -0.25) is 0 Å². The van der Waals surface area contributed by atoms with Crippen LogP contribution in [0, 0.1) is 23.7 Å². The van der Waals surface area contributed by atoms with Gasteiger partial charge in [0.05, 0.1) is 17.3 Å². The van der Waals surface area contributed by atoms with E-state index in [0.717, 1.165) is 29.7 Å². The molecule has 0 aliphatic heterocycles. The highest BCUT2D eigenvalue weighted by Gasteiger charge is 2.32. The van der Waals surface area contributed by atoms with Gasteiger partial charge in [-0.15, -0.1) is 0 Å². The normalized spacial score (nSPS) is 23.8. The molecule has 1 aromatic heterocycles. The summed E-state index contributed by atoms with van der Waals surface area (Å²) in [7, 11) is -3.18. The monoisotopic (exact) mass is 409 g/mol. The van der Waals surface area contributed by atoms with Crippen LogP contribution in [-0.2, 0) is 16.4 Å². The van der Waals surface area contributed by atoms with E-state index in [2.05, 4.69) is 36.6 Å². The summed E-state index contributed by atoms with van der Waals surface area (Å²) in [6, 6.07) is 5.69. The van der Waals surface area contributed by atoms with E-state index in [9.17, 15) is 8.42 Å². The van der Waals surface area contributed by atoms with E-state index < -0.39 is 10.0 Å². The topological polar surface area (TPSA) is 74.8 Å². The van der Waals surface area contributed by atoms with E-state index in [1.54, 1.807) is 0 Å². The van der Waals surface area contributed by atoms with E-state index in [1.807, 2.05) is 18.2 Å². The van der Waals surface area contributed by atoms with Crippen molar-refractivity contribution in [1.82, 2.24) is 14.7 Å². The molecule has 0 saturated carbocycles. The van der Waals surface area contributed by atoms with Gasteiger partial charge >= 0.3 is 0 Å². The van der Waals surface area contributed by atoms with Crippen LogP contribution in [0.1, 0.15) is 33.0 Å². The van der Waals surface area contributed by atoms with Crippen molar-refractivity contribution < 1.29 is 8.42 Å². The van der Waals surface area contributed by atoms with Crippen molar-refractivity contribution >= 4 is 32.7 Å². The summed E-state index contributed by atoms with van der Waals surface area (Å²) >= 11 is 6.07. The minimum atomic E-state index is -3.18. The molecule has 1 aromatic carbocycles. The number of nitrogens with one attached hydrogen (secondary N) is 2. The summed E-state index contributed by atoms with van der Waals surface area (Å²) in [5.74, 6) is 2.53. The van der Waals surface area contributed by atoms with Crippen LogP contribution in [0.2, 0.25) is 5.02 Å². The van der Waals surface area contributed by atoms with Gasteiger partial charge in [0.15, 0.2) is 0 Å². The minimum Gasteiger partial charge on any atom is -0.342 e. The zero-order valence-corrected chi connectivity index (χ0v) is 17.9. The number of nitrogens with zero attached hydrogens (tertiary/aromatic N) is 1. The lowest BCUT2D eigenvalue weighted by Crippen LogP contribution is -2.36. The smallest absolute Gasteiger partial charge is 0.208 e. The molecule has 0 bridgehead atoms. The van der Waals surface area contributed by atoms with Crippen LogP contribution < -0.4 is 4.72 Å². The van der Waals surface area contributed by atoms with Gasteiger partial charge < -0.3 is 4.98 Å². The first kappa shape index (κ1) is 20.4. The van der Waals surface area contributed by atoms with Crippen LogP contribution in [0.15, 0.2) is 29.8 Å². The molecule has 0 fully saturated rings. The first-order chi connectivity index (χ1) is 12.6. The summed E-state index contributed by atoms with van der Waals surface area (Å²) in [5.41, 5.74) is 3.21. The van der Waals surface area contributed by atoms with Crippen molar-refractivity contribution in [1.29, 1.82) is 0 Å². The number of H-pyrrole nitrogens is 1. The van der Waals surface area contributed by atoms with Gasteiger partial charge in [0.2, 0.25) is 10.0 Å². The molecular formula is C20H28ClN3O2S.